The summed E-state index contributed by atoms with van der Waals surface area (Å²) in [4.78, 5) is 31.4. The number of carbonyl (C=O) groups excluding carboxylic acids is 1. The van der Waals surface area contributed by atoms with Crippen LogP contribution in [0.2, 0.25) is 0 Å². The van der Waals surface area contributed by atoms with Crippen molar-refractivity contribution in [3.63, 3.8) is 0 Å². The van der Waals surface area contributed by atoms with Crippen molar-refractivity contribution in [2.24, 2.45) is 0 Å². The molecule has 0 saturated carbocycles. The maximum Gasteiger partial charge on any atom is 0.270 e. The second kappa shape index (κ2) is 6.92. The number of aryl methyl sites for hydroxylation is 1. The highest BCUT2D eigenvalue weighted by atomic mass is 16.6. The number of aromatic nitrogens is 2. The molecule has 1 N–H and O–H groups in total. The molecule has 0 radical (unpaired) electrons. The van der Waals surface area contributed by atoms with Gasteiger partial charge < -0.3 is 9.73 Å². The molecular weight excluding hydrogens is 360 g/mol. The second-order valence-electron chi connectivity index (χ2n) is 6.14. The van der Waals surface area contributed by atoms with Crippen LogP contribution in [0.1, 0.15) is 15.9 Å². The number of oxazole rings is 1. The maximum atomic E-state index is 12.5. The number of nitrogens with zero attached hydrogens (tertiary/aromatic N) is 3. The first-order chi connectivity index (χ1) is 13.5. The summed E-state index contributed by atoms with van der Waals surface area (Å²) in [5, 5.41) is 13.7. The molecule has 0 aliphatic carbocycles. The Hall–Kier alpha value is -4.07. The molecule has 2 heterocycles. The Morgan fingerprint density at radius 2 is 2.00 bits per heavy atom. The van der Waals surface area contributed by atoms with E-state index in [1.165, 1.54) is 24.3 Å². The van der Waals surface area contributed by atoms with Gasteiger partial charge in [-0.2, -0.15) is 4.98 Å². The molecule has 8 heteroatoms. The lowest BCUT2D eigenvalue weighted by atomic mass is 10.1. The Labute approximate surface area is 159 Å². The molecule has 0 atom stereocenters. The van der Waals surface area contributed by atoms with Gasteiger partial charge in [-0.05, 0) is 42.8 Å². The minimum absolute atomic E-state index is 0.142. The fourth-order valence-electron chi connectivity index (χ4n) is 2.74. The number of amides is 1. The van der Waals surface area contributed by atoms with Gasteiger partial charge in [0.25, 0.3) is 11.6 Å². The Bertz CT molecular complexity index is 1180. The molecule has 0 aliphatic heterocycles. The predicted molar refractivity (Wildman–Crippen MR) is 103 cm³/mol. The van der Waals surface area contributed by atoms with Crippen LogP contribution in [0.4, 0.5) is 11.4 Å². The van der Waals surface area contributed by atoms with E-state index in [9.17, 15) is 14.9 Å². The third kappa shape index (κ3) is 3.30. The largest absolute Gasteiger partial charge is 0.434 e. The molecule has 0 bridgehead atoms. The number of carbonyl (C=O) groups is 1. The van der Waals surface area contributed by atoms with E-state index in [0.29, 0.717) is 28.4 Å². The number of hydrogen-bond acceptors (Lipinski definition) is 6. The minimum Gasteiger partial charge on any atom is -0.434 e. The van der Waals surface area contributed by atoms with Crippen molar-refractivity contribution in [3.05, 3.63) is 82.0 Å². The fourth-order valence-corrected chi connectivity index (χ4v) is 2.74. The topological polar surface area (TPSA) is 111 Å². The van der Waals surface area contributed by atoms with Crippen molar-refractivity contribution in [1.82, 2.24) is 9.97 Å². The first-order valence-electron chi connectivity index (χ1n) is 8.39. The van der Waals surface area contributed by atoms with Crippen molar-refractivity contribution in [3.8, 4) is 11.5 Å². The van der Waals surface area contributed by atoms with Crippen molar-refractivity contribution >= 4 is 28.5 Å². The molecule has 28 heavy (non-hydrogen) atoms. The lowest BCUT2D eigenvalue weighted by Crippen LogP contribution is -2.13. The minimum atomic E-state index is -0.538. The highest BCUT2D eigenvalue weighted by Gasteiger charge is 2.14. The molecular formula is C20H14N4O4. The number of nitrogens with one attached hydrogen (secondary N) is 1. The smallest absolute Gasteiger partial charge is 0.270 e. The second-order valence-corrected chi connectivity index (χ2v) is 6.14. The van der Waals surface area contributed by atoms with Gasteiger partial charge in [0.2, 0.25) is 5.89 Å². The van der Waals surface area contributed by atoms with E-state index in [4.69, 9.17) is 4.42 Å². The molecule has 0 fully saturated rings. The number of anilines is 1. The lowest BCUT2D eigenvalue weighted by molar-refractivity contribution is -0.384. The molecule has 0 spiro atoms. The maximum absolute atomic E-state index is 12.5. The fraction of sp³-hybridized carbons (Fsp3) is 0.0500. The average molecular weight is 374 g/mol. The molecule has 1 amide bonds. The third-order valence-corrected chi connectivity index (χ3v) is 4.22. The van der Waals surface area contributed by atoms with Gasteiger partial charge in [-0.25, -0.2) is 4.98 Å². The van der Waals surface area contributed by atoms with Crippen molar-refractivity contribution in [2.45, 2.75) is 6.92 Å². The number of pyridine rings is 1. The summed E-state index contributed by atoms with van der Waals surface area (Å²) in [6.45, 7) is 1.85. The van der Waals surface area contributed by atoms with E-state index in [2.05, 4.69) is 15.3 Å². The molecule has 2 aromatic heterocycles. The predicted octanol–water partition coefficient (Wildman–Crippen LogP) is 4.36. The SMILES string of the molecule is Cc1ccc(-c2nc3ncccc3o2)cc1NC(=O)c1cccc([N+](=O)[O-])c1. The number of benzene rings is 2. The van der Waals surface area contributed by atoms with Gasteiger partial charge >= 0.3 is 0 Å². The van der Waals surface area contributed by atoms with Gasteiger partial charge in [-0.15, -0.1) is 0 Å². The average Bonchev–Trinajstić information content (AvgIpc) is 3.14. The molecule has 0 unspecified atom stereocenters. The molecule has 4 aromatic rings. The van der Waals surface area contributed by atoms with Gasteiger partial charge in [-0.3, -0.25) is 14.9 Å². The summed E-state index contributed by atoms with van der Waals surface area (Å²) in [7, 11) is 0. The van der Waals surface area contributed by atoms with Crippen LogP contribution in [0.25, 0.3) is 22.7 Å². The van der Waals surface area contributed by atoms with Gasteiger partial charge in [0, 0.05) is 35.1 Å². The molecule has 0 aliphatic rings. The van der Waals surface area contributed by atoms with Crippen LogP contribution in [-0.4, -0.2) is 20.8 Å². The third-order valence-electron chi connectivity index (χ3n) is 4.22. The summed E-state index contributed by atoms with van der Waals surface area (Å²) in [6.07, 6.45) is 1.63. The number of nitro benzene ring substituents is 1. The zero-order chi connectivity index (χ0) is 19.7. The van der Waals surface area contributed by atoms with Crippen LogP contribution in [0.3, 0.4) is 0 Å². The van der Waals surface area contributed by atoms with Gasteiger partial charge in [0.15, 0.2) is 11.2 Å². The highest BCUT2D eigenvalue weighted by Crippen LogP contribution is 2.27. The first-order valence-corrected chi connectivity index (χ1v) is 8.39. The summed E-state index contributed by atoms with van der Waals surface area (Å²) in [5.41, 5.74) is 3.20. The van der Waals surface area contributed by atoms with Crippen LogP contribution >= 0.6 is 0 Å². The first kappa shape index (κ1) is 17.3. The number of fused-ring (bicyclic) bond motifs is 1. The van der Waals surface area contributed by atoms with Gasteiger partial charge in [-0.1, -0.05) is 12.1 Å². The van der Waals surface area contributed by atoms with E-state index in [-0.39, 0.29) is 11.3 Å². The Morgan fingerprint density at radius 3 is 2.79 bits per heavy atom. The molecule has 0 saturated heterocycles. The van der Waals surface area contributed by atoms with Gasteiger partial charge in [0.05, 0.1) is 4.92 Å². The Kier molecular flexibility index (Phi) is 4.29. The summed E-state index contributed by atoms with van der Waals surface area (Å²) < 4.78 is 5.72. The quantitative estimate of drug-likeness (QED) is 0.420. The number of rotatable bonds is 4. The van der Waals surface area contributed by atoms with Crippen LogP contribution in [0.15, 0.2) is 65.2 Å². The number of hydrogen-bond donors (Lipinski definition) is 1. The highest BCUT2D eigenvalue weighted by molar-refractivity contribution is 6.05. The van der Waals surface area contributed by atoms with Crippen LogP contribution < -0.4 is 5.32 Å². The lowest BCUT2D eigenvalue weighted by Gasteiger charge is -2.09. The van der Waals surface area contributed by atoms with Crippen LogP contribution in [0.5, 0.6) is 0 Å². The number of nitro groups is 1. The molecule has 2 aromatic carbocycles. The van der Waals surface area contributed by atoms with Crippen molar-refractivity contribution in [2.75, 3.05) is 5.32 Å². The van der Waals surface area contributed by atoms with Crippen molar-refractivity contribution < 1.29 is 14.1 Å². The van der Waals surface area contributed by atoms with Gasteiger partial charge in [0.1, 0.15) is 0 Å². The Balaban J connectivity index is 1.65. The Morgan fingerprint density at radius 1 is 1.14 bits per heavy atom. The van der Waals surface area contributed by atoms with E-state index in [0.717, 1.165) is 5.56 Å². The zero-order valence-corrected chi connectivity index (χ0v) is 14.7. The molecule has 138 valence electrons. The molecule has 4 rings (SSSR count). The van der Waals surface area contributed by atoms with Crippen LogP contribution in [0, 0.1) is 17.0 Å². The normalized spacial score (nSPS) is 10.8. The monoisotopic (exact) mass is 374 g/mol. The molecule has 8 nitrogen and oxygen atoms in total. The van der Waals surface area contributed by atoms with E-state index >= 15 is 0 Å². The zero-order valence-electron chi connectivity index (χ0n) is 14.7. The summed E-state index contributed by atoms with van der Waals surface area (Å²) in [5.74, 6) is -0.0530. The number of non-ortho nitro benzene ring substituents is 1. The van der Waals surface area contributed by atoms with E-state index < -0.39 is 10.8 Å². The standard InChI is InChI=1S/C20H14N4O4/c1-12-7-8-14(20-23-18-17(28-20)6-3-9-21-18)11-16(12)22-19(25)13-4-2-5-15(10-13)24(26)27/h2-11H,1H3,(H,22,25). The summed E-state index contributed by atoms with van der Waals surface area (Å²) in [6, 6.07) is 14.5. The van der Waals surface area contributed by atoms with Crippen molar-refractivity contribution in [1.29, 1.82) is 0 Å². The van der Waals surface area contributed by atoms with E-state index in [1.54, 1.807) is 24.4 Å². The van der Waals surface area contributed by atoms with E-state index in [1.807, 2.05) is 19.1 Å². The summed E-state index contributed by atoms with van der Waals surface area (Å²) >= 11 is 0. The van der Waals surface area contributed by atoms with Crippen LogP contribution in [-0.2, 0) is 0 Å².